The maximum Gasteiger partial charge on any atom is 0.308 e. The van der Waals surface area contributed by atoms with Crippen LogP contribution in [0, 0.1) is 6.92 Å². The maximum absolute atomic E-state index is 12.7. The number of hydrogen-bond acceptors (Lipinski definition) is 5. The third kappa shape index (κ3) is 5.85. The minimum Gasteiger partial charge on any atom is -0.466 e. The molecule has 0 spiro atoms. The van der Waals surface area contributed by atoms with E-state index in [-0.39, 0.29) is 24.8 Å². The molecule has 1 heterocycles. The first-order chi connectivity index (χ1) is 12.9. The van der Waals surface area contributed by atoms with Crippen molar-refractivity contribution >= 4 is 35.1 Å². The van der Waals surface area contributed by atoms with E-state index in [4.69, 9.17) is 16.3 Å². The molecule has 1 aliphatic heterocycles. The number of carbonyl (C=O) groups excluding carboxylic acids is 3. The van der Waals surface area contributed by atoms with Crippen LogP contribution in [0.5, 0.6) is 0 Å². The normalized spacial score (nSPS) is 16.6. The average Bonchev–Trinajstić information content (AvgIpc) is 2.64. The Labute approximate surface area is 164 Å². The fraction of sp³-hybridized carbons (Fsp3) is 0.526. The standard InChI is InChI=1S/C19H26ClN3O4/c1-3-4-10-27-18(25)11-16-19(26)21-8-9-23(16)17(24)12-22-15-7-5-6-14(20)13(15)2/h5-7,16,22H,3-4,8-12H2,1-2H3,(H,21,26). The van der Waals surface area contributed by atoms with E-state index in [9.17, 15) is 14.4 Å². The molecule has 1 atom stereocenters. The molecule has 1 unspecified atom stereocenters. The quantitative estimate of drug-likeness (QED) is 0.520. The van der Waals surface area contributed by atoms with Gasteiger partial charge >= 0.3 is 5.97 Å². The van der Waals surface area contributed by atoms with Crippen molar-refractivity contribution in [3.8, 4) is 0 Å². The van der Waals surface area contributed by atoms with Crippen molar-refractivity contribution in [3.05, 3.63) is 28.8 Å². The van der Waals surface area contributed by atoms with Gasteiger partial charge in [0.1, 0.15) is 6.04 Å². The first-order valence-corrected chi connectivity index (χ1v) is 9.53. The van der Waals surface area contributed by atoms with Crippen molar-refractivity contribution < 1.29 is 19.1 Å². The molecule has 148 valence electrons. The Morgan fingerprint density at radius 1 is 1.41 bits per heavy atom. The summed E-state index contributed by atoms with van der Waals surface area (Å²) in [6, 6.07) is 4.56. The van der Waals surface area contributed by atoms with Crippen molar-refractivity contribution in [2.24, 2.45) is 0 Å². The Hall–Kier alpha value is -2.28. The maximum atomic E-state index is 12.7. The molecule has 0 saturated carbocycles. The Balaban J connectivity index is 1.97. The monoisotopic (exact) mass is 395 g/mol. The number of halogens is 1. The summed E-state index contributed by atoms with van der Waals surface area (Å²) in [4.78, 5) is 38.3. The molecule has 2 N–H and O–H groups in total. The molecule has 1 saturated heterocycles. The van der Waals surface area contributed by atoms with E-state index in [1.165, 1.54) is 4.90 Å². The summed E-state index contributed by atoms with van der Waals surface area (Å²) in [7, 11) is 0. The number of esters is 1. The number of nitrogens with zero attached hydrogens (tertiary/aromatic N) is 1. The molecule has 1 aromatic rings. The predicted molar refractivity (Wildman–Crippen MR) is 104 cm³/mol. The predicted octanol–water partition coefficient (Wildman–Crippen LogP) is 2.12. The third-order valence-corrected chi connectivity index (χ3v) is 4.88. The lowest BCUT2D eigenvalue weighted by atomic mass is 10.1. The van der Waals surface area contributed by atoms with Crippen molar-refractivity contribution in [1.82, 2.24) is 10.2 Å². The highest BCUT2D eigenvalue weighted by molar-refractivity contribution is 6.31. The smallest absolute Gasteiger partial charge is 0.308 e. The molecule has 0 bridgehead atoms. The van der Waals surface area contributed by atoms with E-state index in [2.05, 4.69) is 10.6 Å². The molecule has 0 aliphatic carbocycles. The minimum absolute atomic E-state index is 0.00977. The SMILES string of the molecule is CCCCOC(=O)CC1C(=O)NCCN1C(=O)CNc1cccc(Cl)c1C. The number of anilines is 1. The summed E-state index contributed by atoms with van der Waals surface area (Å²) in [5, 5.41) is 6.37. The molecular formula is C19H26ClN3O4. The highest BCUT2D eigenvalue weighted by Gasteiger charge is 2.34. The van der Waals surface area contributed by atoms with Crippen LogP contribution in [0.3, 0.4) is 0 Å². The summed E-state index contributed by atoms with van der Waals surface area (Å²) in [6.45, 7) is 4.91. The molecule has 1 aromatic carbocycles. The van der Waals surface area contributed by atoms with E-state index in [1.54, 1.807) is 12.1 Å². The molecule has 7 nitrogen and oxygen atoms in total. The van der Waals surface area contributed by atoms with Crippen LogP contribution in [0.2, 0.25) is 5.02 Å². The zero-order chi connectivity index (χ0) is 19.8. The van der Waals surface area contributed by atoms with E-state index in [1.807, 2.05) is 19.9 Å². The Morgan fingerprint density at radius 3 is 2.93 bits per heavy atom. The second kappa shape index (κ2) is 10.2. The number of unbranched alkanes of at least 4 members (excludes halogenated alkanes) is 1. The number of ether oxygens (including phenoxy) is 1. The van der Waals surface area contributed by atoms with Gasteiger partial charge in [-0.1, -0.05) is 31.0 Å². The zero-order valence-electron chi connectivity index (χ0n) is 15.7. The number of rotatable bonds is 8. The van der Waals surface area contributed by atoms with Crippen LogP contribution in [-0.2, 0) is 19.1 Å². The fourth-order valence-electron chi connectivity index (χ4n) is 2.83. The van der Waals surface area contributed by atoms with Crippen LogP contribution in [0.25, 0.3) is 0 Å². The zero-order valence-corrected chi connectivity index (χ0v) is 16.5. The Morgan fingerprint density at radius 2 is 2.19 bits per heavy atom. The van der Waals surface area contributed by atoms with Crippen molar-refractivity contribution in [2.45, 2.75) is 39.2 Å². The van der Waals surface area contributed by atoms with Gasteiger partial charge in [-0.15, -0.1) is 0 Å². The van der Waals surface area contributed by atoms with Gasteiger partial charge in [-0.3, -0.25) is 14.4 Å². The lowest BCUT2D eigenvalue weighted by molar-refractivity contribution is -0.151. The number of hydrogen-bond donors (Lipinski definition) is 2. The molecule has 27 heavy (non-hydrogen) atoms. The minimum atomic E-state index is -0.845. The number of amides is 2. The summed E-state index contributed by atoms with van der Waals surface area (Å²) < 4.78 is 5.13. The first-order valence-electron chi connectivity index (χ1n) is 9.15. The van der Waals surface area contributed by atoms with Gasteiger partial charge in [-0.05, 0) is 31.0 Å². The molecule has 8 heteroatoms. The van der Waals surface area contributed by atoms with Crippen LogP contribution < -0.4 is 10.6 Å². The molecule has 0 radical (unpaired) electrons. The van der Waals surface area contributed by atoms with Gasteiger partial charge in [0.15, 0.2) is 0 Å². The number of piperazine rings is 1. The fourth-order valence-corrected chi connectivity index (χ4v) is 3.01. The molecule has 1 aliphatic rings. The molecule has 1 fully saturated rings. The van der Waals surface area contributed by atoms with E-state index < -0.39 is 12.0 Å². The van der Waals surface area contributed by atoms with E-state index in [0.717, 1.165) is 24.1 Å². The van der Waals surface area contributed by atoms with Gasteiger partial charge in [0.2, 0.25) is 11.8 Å². The van der Waals surface area contributed by atoms with E-state index in [0.29, 0.717) is 24.7 Å². The van der Waals surface area contributed by atoms with Crippen molar-refractivity contribution in [2.75, 3.05) is 31.6 Å². The summed E-state index contributed by atoms with van der Waals surface area (Å²) in [5.41, 5.74) is 1.60. The van der Waals surface area contributed by atoms with Crippen molar-refractivity contribution in [1.29, 1.82) is 0 Å². The van der Waals surface area contributed by atoms with Gasteiger partial charge in [-0.2, -0.15) is 0 Å². The number of benzene rings is 1. The van der Waals surface area contributed by atoms with Crippen LogP contribution >= 0.6 is 11.6 Å². The Kier molecular flexibility index (Phi) is 7.91. The second-order valence-electron chi connectivity index (χ2n) is 6.44. The number of nitrogens with one attached hydrogen (secondary N) is 2. The molecular weight excluding hydrogens is 370 g/mol. The topological polar surface area (TPSA) is 87.7 Å². The average molecular weight is 396 g/mol. The highest BCUT2D eigenvalue weighted by Crippen LogP contribution is 2.23. The highest BCUT2D eigenvalue weighted by atomic mass is 35.5. The molecule has 2 rings (SSSR count). The van der Waals surface area contributed by atoms with Crippen LogP contribution in [0.1, 0.15) is 31.7 Å². The van der Waals surface area contributed by atoms with Crippen molar-refractivity contribution in [3.63, 3.8) is 0 Å². The van der Waals surface area contributed by atoms with Crippen LogP contribution in [0.15, 0.2) is 18.2 Å². The van der Waals surface area contributed by atoms with Gasteiger partial charge < -0.3 is 20.3 Å². The summed E-state index contributed by atoms with van der Waals surface area (Å²) in [5.74, 6) is -1.06. The Bertz CT molecular complexity index is 696. The largest absolute Gasteiger partial charge is 0.466 e. The number of carbonyl (C=O) groups is 3. The van der Waals surface area contributed by atoms with Gasteiger partial charge in [-0.25, -0.2) is 0 Å². The summed E-state index contributed by atoms with van der Waals surface area (Å²) >= 11 is 6.09. The van der Waals surface area contributed by atoms with Gasteiger partial charge in [0.25, 0.3) is 0 Å². The van der Waals surface area contributed by atoms with Crippen LogP contribution in [-0.4, -0.2) is 55.0 Å². The van der Waals surface area contributed by atoms with E-state index >= 15 is 0 Å². The molecule has 0 aromatic heterocycles. The lowest BCUT2D eigenvalue weighted by Gasteiger charge is -2.34. The first kappa shape index (κ1) is 21.0. The third-order valence-electron chi connectivity index (χ3n) is 4.47. The van der Waals surface area contributed by atoms with Crippen LogP contribution in [0.4, 0.5) is 5.69 Å². The summed E-state index contributed by atoms with van der Waals surface area (Å²) in [6.07, 6.45) is 1.54. The van der Waals surface area contributed by atoms with Gasteiger partial charge in [0, 0.05) is 23.8 Å². The van der Waals surface area contributed by atoms with Gasteiger partial charge in [0.05, 0.1) is 19.6 Å². The second-order valence-corrected chi connectivity index (χ2v) is 6.85. The lowest BCUT2D eigenvalue weighted by Crippen LogP contribution is -2.58. The molecule has 2 amide bonds.